The summed E-state index contributed by atoms with van der Waals surface area (Å²) in [5, 5.41) is 0.621. The maximum Gasteiger partial charge on any atom is 0.243 e. The Morgan fingerprint density at radius 2 is 1.96 bits per heavy atom. The normalized spacial score (nSPS) is 16.2. The van der Waals surface area contributed by atoms with E-state index < -0.39 is 10.0 Å². The Morgan fingerprint density at radius 3 is 2.62 bits per heavy atom. The van der Waals surface area contributed by atoms with Gasteiger partial charge in [-0.05, 0) is 37.3 Å². The number of aromatic amines is 1. The van der Waals surface area contributed by atoms with E-state index in [0.29, 0.717) is 37.3 Å². The highest BCUT2D eigenvalue weighted by Crippen LogP contribution is 2.34. The second-order valence-electron chi connectivity index (χ2n) is 6.17. The predicted octanol–water partition coefficient (Wildman–Crippen LogP) is 3.04. The first-order chi connectivity index (χ1) is 12.5. The van der Waals surface area contributed by atoms with Gasteiger partial charge in [-0.1, -0.05) is 0 Å². The number of carbonyl (C=O) groups excluding carboxylic acids is 1. The zero-order chi connectivity index (χ0) is 18.3. The molecule has 136 valence electrons. The number of hydrogen-bond acceptors (Lipinski definition) is 5. The molecule has 1 N–H and O–H groups in total. The number of rotatable bonds is 4. The summed E-state index contributed by atoms with van der Waals surface area (Å²) >= 11 is 1.59. The van der Waals surface area contributed by atoms with Crippen molar-refractivity contribution in [3.05, 3.63) is 40.8 Å². The first kappa shape index (κ1) is 17.4. The molecule has 3 aromatic rings. The number of nitrogens with one attached hydrogen (secondary N) is 1. The third-order valence-electron chi connectivity index (χ3n) is 4.52. The number of aldehydes is 1. The molecule has 6 nitrogen and oxygen atoms in total. The van der Waals surface area contributed by atoms with Crippen LogP contribution in [-0.2, 0) is 14.8 Å². The molecule has 8 heteroatoms. The number of ether oxygens (including phenoxy) is 1. The molecule has 1 aromatic carbocycles. The Balaban J connectivity index is 1.83. The predicted molar refractivity (Wildman–Crippen MR) is 101 cm³/mol. The van der Waals surface area contributed by atoms with Gasteiger partial charge in [-0.2, -0.15) is 4.31 Å². The van der Waals surface area contributed by atoms with Crippen LogP contribution in [0.15, 0.2) is 35.2 Å². The lowest BCUT2D eigenvalue weighted by molar-refractivity contribution is 0.0730. The highest BCUT2D eigenvalue weighted by Gasteiger charge is 2.27. The number of carbonyl (C=O) groups is 1. The molecule has 1 fully saturated rings. The number of aromatic nitrogens is 1. The summed E-state index contributed by atoms with van der Waals surface area (Å²) < 4.78 is 32.4. The largest absolute Gasteiger partial charge is 0.379 e. The molecule has 0 saturated carbocycles. The minimum absolute atomic E-state index is 0.197. The summed E-state index contributed by atoms with van der Waals surface area (Å²) in [6.07, 6.45) is 0.786. The molecule has 0 spiro atoms. The van der Waals surface area contributed by atoms with Crippen LogP contribution in [0.2, 0.25) is 0 Å². The number of sulfonamides is 1. The third-order valence-corrected chi connectivity index (χ3v) is 7.44. The Labute approximate surface area is 155 Å². The Bertz CT molecular complexity index is 1080. The van der Waals surface area contributed by atoms with Crippen LogP contribution >= 0.6 is 11.3 Å². The van der Waals surface area contributed by atoms with Gasteiger partial charge in [0.1, 0.15) is 0 Å². The molecular weight excluding hydrogens is 372 g/mol. The summed E-state index contributed by atoms with van der Waals surface area (Å²) in [6, 6.07) is 8.85. The summed E-state index contributed by atoms with van der Waals surface area (Å²) in [7, 11) is -3.60. The molecule has 0 atom stereocenters. The Morgan fingerprint density at radius 1 is 1.19 bits per heavy atom. The van der Waals surface area contributed by atoms with E-state index in [-0.39, 0.29) is 4.90 Å². The maximum absolute atomic E-state index is 12.9. The van der Waals surface area contributed by atoms with Gasteiger partial charge in [-0.3, -0.25) is 4.79 Å². The lowest BCUT2D eigenvalue weighted by atomic mass is 10.1. The van der Waals surface area contributed by atoms with Gasteiger partial charge in [0.15, 0.2) is 6.29 Å². The number of benzene rings is 1. The average Bonchev–Trinajstić information content (AvgIpc) is 3.24. The van der Waals surface area contributed by atoms with Crippen molar-refractivity contribution in [3.63, 3.8) is 0 Å². The van der Waals surface area contributed by atoms with E-state index >= 15 is 0 Å². The van der Waals surface area contributed by atoms with Gasteiger partial charge < -0.3 is 9.72 Å². The van der Waals surface area contributed by atoms with Crippen molar-refractivity contribution in [1.29, 1.82) is 0 Å². The van der Waals surface area contributed by atoms with Gasteiger partial charge in [0.2, 0.25) is 10.0 Å². The number of hydrogen-bond donors (Lipinski definition) is 1. The lowest BCUT2D eigenvalue weighted by Crippen LogP contribution is -2.40. The maximum atomic E-state index is 12.9. The number of thiophene rings is 1. The van der Waals surface area contributed by atoms with E-state index in [9.17, 15) is 13.2 Å². The number of nitrogens with zero attached hydrogens (tertiary/aromatic N) is 1. The Kier molecular flexibility index (Phi) is 4.44. The first-order valence-corrected chi connectivity index (χ1v) is 10.5. The second kappa shape index (κ2) is 6.62. The fourth-order valence-corrected chi connectivity index (χ4v) is 5.49. The van der Waals surface area contributed by atoms with Gasteiger partial charge in [0.25, 0.3) is 0 Å². The van der Waals surface area contributed by atoms with Crippen LogP contribution in [-0.4, -0.2) is 50.3 Å². The number of fused-ring (bicyclic) bond motifs is 1. The van der Waals surface area contributed by atoms with E-state index in [2.05, 4.69) is 4.98 Å². The monoisotopic (exact) mass is 390 g/mol. The molecule has 26 heavy (non-hydrogen) atoms. The summed E-state index contributed by atoms with van der Waals surface area (Å²) in [5.74, 6) is 0. The minimum Gasteiger partial charge on any atom is -0.379 e. The molecule has 4 rings (SSSR count). The molecule has 0 amide bonds. The number of H-pyrrole nitrogens is 1. The van der Waals surface area contributed by atoms with E-state index in [1.165, 1.54) is 4.31 Å². The van der Waals surface area contributed by atoms with Crippen LogP contribution in [0.5, 0.6) is 0 Å². The van der Waals surface area contributed by atoms with Crippen LogP contribution < -0.4 is 0 Å². The molecule has 1 saturated heterocycles. The van der Waals surface area contributed by atoms with Gasteiger partial charge in [-0.15, -0.1) is 11.3 Å². The zero-order valence-electron chi connectivity index (χ0n) is 14.2. The average molecular weight is 390 g/mol. The van der Waals surface area contributed by atoms with E-state index in [1.54, 1.807) is 29.5 Å². The zero-order valence-corrected chi connectivity index (χ0v) is 15.8. The minimum atomic E-state index is -3.60. The fourth-order valence-electron chi connectivity index (χ4n) is 3.17. The highest BCUT2D eigenvalue weighted by molar-refractivity contribution is 7.89. The van der Waals surface area contributed by atoms with Gasteiger partial charge in [0.05, 0.1) is 28.7 Å². The molecule has 0 unspecified atom stereocenters. The summed E-state index contributed by atoms with van der Waals surface area (Å²) in [6.45, 7) is 3.48. The van der Waals surface area contributed by atoms with Crippen molar-refractivity contribution in [2.75, 3.05) is 26.3 Å². The molecule has 0 bridgehead atoms. The number of morpholine rings is 1. The van der Waals surface area contributed by atoms with Crippen molar-refractivity contribution < 1.29 is 17.9 Å². The highest BCUT2D eigenvalue weighted by atomic mass is 32.2. The van der Waals surface area contributed by atoms with Crippen LogP contribution in [0, 0.1) is 6.92 Å². The van der Waals surface area contributed by atoms with Crippen LogP contribution in [0.3, 0.4) is 0 Å². The second-order valence-corrected chi connectivity index (χ2v) is 9.39. The Hall–Kier alpha value is -2.00. The number of aryl methyl sites for hydroxylation is 1. The van der Waals surface area contributed by atoms with Crippen molar-refractivity contribution in [2.45, 2.75) is 11.8 Å². The standard InChI is InChI=1S/C18H18N2O4S2/c1-12-2-5-17(25-12)18-15(11-21)14-10-13(3-4-16(14)19-18)26(22,23)20-6-8-24-9-7-20/h2-5,10-11,19H,6-9H2,1H3. The molecule has 0 radical (unpaired) electrons. The first-order valence-electron chi connectivity index (χ1n) is 8.26. The van der Waals surface area contributed by atoms with Crippen molar-refractivity contribution in [1.82, 2.24) is 9.29 Å². The van der Waals surface area contributed by atoms with Crippen LogP contribution in [0.1, 0.15) is 15.2 Å². The van der Waals surface area contributed by atoms with Gasteiger partial charge in [0, 0.05) is 34.4 Å². The van der Waals surface area contributed by atoms with E-state index in [0.717, 1.165) is 27.3 Å². The van der Waals surface area contributed by atoms with Crippen LogP contribution in [0.25, 0.3) is 21.5 Å². The molecule has 2 aromatic heterocycles. The molecule has 1 aliphatic rings. The SMILES string of the molecule is Cc1ccc(-c2[nH]c3ccc(S(=O)(=O)N4CCOCC4)cc3c2C=O)s1. The lowest BCUT2D eigenvalue weighted by Gasteiger charge is -2.26. The molecule has 0 aliphatic carbocycles. The van der Waals surface area contributed by atoms with Crippen molar-refractivity contribution in [2.24, 2.45) is 0 Å². The molecule has 1 aliphatic heterocycles. The smallest absolute Gasteiger partial charge is 0.243 e. The molecule has 3 heterocycles. The van der Waals surface area contributed by atoms with E-state index in [1.807, 2.05) is 19.1 Å². The third kappa shape index (κ3) is 2.88. The van der Waals surface area contributed by atoms with Crippen molar-refractivity contribution in [3.8, 4) is 10.6 Å². The topological polar surface area (TPSA) is 79.5 Å². The fraction of sp³-hybridized carbons (Fsp3) is 0.278. The quantitative estimate of drug-likeness (QED) is 0.695. The van der Waals surface area contributed by atoms with Gasteiger partial charge >= 0.3 is 0 Å². The van der Waals surface area contributed by atoms with E-state index in [4.69, 9.17) is 4.74 Å². The molecular formula is C18H18N2O4S2. The van der Waals surface area contributed by atoms with Crippen molar-refractivity contribution >= 4 is 38.5 Å². The van der Waals surface area contributed by atoms with Crippen LogP contribution in [0.4, 0.5) is 0 Å². The summed E-state index contributed by atoms with van der Waals surface area (Å²) in [5.41, 5.74) is 1.96. The van der Waals surface area contributed by atoms with Gasteiger partial charge in [-0.25, -0.2) is 8.42 Å². The summed E-state index contributed by atoms with van der Waals surface area (Å²) in [4.78, 5) is 17.3.